The fourth-order valence-corrected chi connectivity index (χ4v) is 4.70. The van der Waals surface area contributed by atoms with Gasteiger partial charge < -0.3 is 15.0 Å². The van der Waals surface area contributed by atoms with E-state index in [1.807, 2.05) is 60.7 Å². The van der Waals surface area contributed by atoms with Crippen molar-refractivity contribution >= 4 is 17.8 Å². The van der Waals surface area contributed by atoms with Gasteiger partial charge in [-0.15, -0.1) is 0 Å². The van der Waals surface area contributed by atoms with Crippen LogP contribution in [0.4, 0.5) is 0 Å². The monoisotopic (exact) mass is 464 g/mol. The SMILES string of the molecule is CC(=O)OCC(CCc1ccccc1)(C(=O)NC1CCCCC1)N(Cc1ccccc1)C(C)=O. The first-order chi connectivity index (χ1) is 16.4. The van der Waals surface area contributed by atoms with Crippen LogP contribution in [0.15, 0.2) is 60.7 Å². The molecule has 34 heavy (non-hydrogen) atoms. The first kappa shape index (κ1) is 25.5. The van der Waals surface area contributed by atoms with Crippen LogP contribution in [-0.4, -0.2) is 40.9 Å². The van der Waals surface area contributed by atoms with E-state index in [1.165, 1.54) is 20.3 Å². The van der Waals surface area contributed by atoms with Crippen molar-refractivity contribution in [3.05, 3.63) is 71.8 Å². The largest absolute Gasteiger partial charge is 0.463 e. The van der Waals surface area contributed by atoms with Crippen molar-refractivity contribution in [3.8, 4) is 0 Å². The van der Waals surface area contributed by atoms with E-state index in [2.05, 4.69) is 5.32 Å². The Morgan fingerprint density at radius 2 is 1.50 bits per heavy atom. The summed E-state index contributed by atoms with van der Waals surface area (Å²) in [7, 11) is 0. The number of amides is 2. The summed E-state index contributed by atoms with van der Waals surface area (Å²) in [5.74, 6) is -0.955. The summed E-state index contributed by atoms with van der Waals surface area (Å²) in [4.78, 5) is 40.5. The van der Waals surface area contributed by atoms with Crippen molar-refractivity contribution in [3.63, 3.8) is 0 Å². The molecule has 0 spiro atoms. The van der Waals surface area contributed by atoms with Gasteiger partial charge in [0, 0.05) is 26.4 Å². The number of aryl methyl sites for hydroxylation is 1. The van der Waals surface area contributed by atoms with Crippen LogP contribution >= 0.6 is 0 Å². The number of esters is 1. The number of hydrogen-bond acceptors (Lipinski definition) is 4. The second kappa shape index (κ2) is 12.4. The molecule has 0 heterocycles. The molecule has 1 atom stereocenters. The summed E-state index contributed by atoms with van der Waals surface area (Å²) < 4.78 is 5.48. The van der Waals surface area contributed by atoms with Crippen LogP contribution in [0, 0.1) is 0 Å². The topological polar surface area (TPSA) is 75.7 Å². The van der Waals surface area contributed by atoms with Crippen LogP contribution in [0.2, 0.25) is 0 Å². The third-order valence-corrected chi connectivity index (χ3v) is 6.63. The molecule has 0 aromatic heterocycles. The van der Waals surface area contributed by atoms with E-state index in [4.69, 9.17) is 4.74 Å². The summed E-state index contributed by atoms with van der Waals surface area (Å²) in [6.45, 7) is 2.88. The predicted molar refractivity (Wildman–Crippen MR) is 132 cm³/mol. The number of ether oxygens (including phenoxy) is 1. The summed E-state index contributed by atoms with van der Waals surface area (Å²) in [5, 5.41) is 3.22. The van der Waals surface area contributed by atoms with Gasteiger partial charge in [0.05, 0.1) is 0 Å². The highest BCUT2D eigenvalue weighted by Gasteiger charge is 2.47. The van der Waals surface area contributed by atoms with Gasteiger partial charge in [-0.2, -0.15) is 0 Å². The molecule has 6 heteroatoms. The average molecular weight is 465 g/mol. The molecule has 2 aromatic rings. The average Bonchev–Trinajstić information content (AvgIpc) is 2.85. The molecule has 0 bridgehead atoms. The van der Waals surface area contributed by atoms with Gasteiger partial charge in [-0.25, -0.2) is 0 Å². The number of carbonyl (C=O) groups is 3. The highest BCUT2D eigenvalue weighted by atomic mass is 16.5. The van der Waals surface area contributed by atoms with Gasteiger partial charge in [0.15, 0.2) is 5.54 Å². The van der Waals surface area contributed by atoms with E-state index >= 15 is 0 Å². The maximum atomic E-state index is 14.0. The maximum Gasteiger partial charge on any atom is 0.302 e. The van der Waals surface area contributed by atoms with Gasteiger partial charge in [0.1, 0.15) is 6.61 Å². The van der Waals surface area contributed by atoms with Crippen LogP contribution in [0.1, 0.15) is 63.5 Å². The van der Waals surface area contributed by atoms with Crippen LogP contribution in [-0.2, 0) is 32.1 Å². The molecule has 182 valence electrons. The van der Waals surface area contributed by atoms with Gasteiger partial charge in [-0.1, -0.05) is 79.9 Å². The lowest BCUT2D eigenvalue weighted by atomic mass is 9.86. The van der Waals surface area contributed by atoms with E-state index < -0.39 is 11.5 Å². The standard InChI is InChI=1S/C28H36N2O4/c1-22(31)30(20-25-14-8-4-9-15-25)28(21-34-23(2)32,19-18-24-12-6-3-7-13-24)27(33)29-26-16-10-5-11-17-26/h3-4,6-9,12-15,26H,5,10-11,16-21H2,1-2H3,(H,29,33). The maximum absolute atomic E-state index is 14.0. The van der Waals surface area contributed by atoms with Gasteiger partial charge in [-0.3, -0.25) is 14.4 Å². The summed E-state index contributed by atoms with van der Waals surface area (Å²) >= 11 is 0. The van der Waals surface area contributed by atoms with Crippen molar-refractivity contribution in [2.24, 2.45) is 0 Å². The normalized spacial score (nSPS) is 15.7. The zero-order chi connectivity index (χ0) is 24.4. The first-order valence-electron chi connectivity index (χ1n) is 12.2. The number of nitrogens with zero attached hydrogens (tertiary/aromatic N) is 1. The van der Waals surface area contributed by atoms with Crippen molar-refractivity contribution in [1.29, 1.82) is 0 Å². The number of carbonyl (C=O) groups excluding carboxylic acids is 3. The van der Waals surface area contributed by atoms with Crippen LogP contribution < -0.4 is 5.32 Å². The van der Waals surface area contributed by atoms with E-state index in [0.717, 1.165) is 36.8 Å². The Kier molecular flexibility index (Phi) is 9.25. The van der Waals surface area contributed by atoms with Crippen LogP contribution in [0.3, 0.4) is 0 Å². The first-order valence-corrected chi connectivity index (χ1v) is 12.2. The summed E-state index contributed by atoms with van der Waals surface area (Å²) in [6.07, 6.45) is 6.08. The molecule has 1 fully saturated rings. The highest BCUT2D eigenvalue weighted by Crippen LogP contribution is 2.28. The minimum atomic E-state index is -1.32. The Morgan fingerprint density at radius 1 is 0.912 bits per heavy atom. The van der Waals surface area contributed by atoms with Gasteiger partial charge in [0.25, 0.3) is 0 Å². The van der Waals surface area contributed by atoms with E-state index in [1.54, 1.807) is 4.90 Å². The molecule has 0 radical (unpaired) electrons. The molecule has 1 unspecified atom stereocenters. The quantitative estimate of drug-likeness (QED) is 0.528. The Labute approximate surface area is 202 Å². The Morgan fingerprint density at radius 3 is 2.06 bits per heavy atom. The number of rotatable bonds is 10. The Bertz CT molecular complexity index is 941. The second-order valence-electron chi connectivity index (χ2n) is 9.20. The minimum Gasteiger partial charge on any atom is -0.463 e. The van der Waals surface area contributed by atoms with Crippen molar-refractivity contribution in [2.45, 2.75) is 76.9 Å². The molecule has 1 N–H and O–H groups in total. The van der Waals surface area contributed by atoms with Gasteiger partial charge in [-0.05, 0) is 36.8 Å². The second-order valence-corrected chi connectivity index (χ2v) is 9.20. The Balaban J connectivity index is 1.99. The minimum absolute atomic E-state index is 0.0696. The van der Waals surface area contributed by atoms with Crippen LogP contribution in [0.5, 0.6) is 0 Å². The van der Waals surface area contributed by atoms with Gasteiger partial charge in [0.2, 0.25) is 11.8 Å². The molecule has 1 saturated carbocycles. The highest BCUT2D eigenvalue weighted by molar-refractivity contribution is 5.91. The lowest BCUT2D eigenvalue weighted by molar-refractivity contribution is -0.160. The number of nitrogens with one attached hydrogen (secondary N) is 1. The van der Waals surface area contributed by atoms with Crippen molar-refractivity contribution < 1.29 is 19.1 Å². The van der Waals surface area contributed by atoms with Crippen molar-refractivity contribution in [2.75, 3.05) is 6.61 Å². The zero-order valence-corrected chi connectivity index (χ0v) is 20.3. The number of benzene rings is 2. The van der Waals surface area contributed by atoms with Gasteiger partial charge >= 0.3 is 5.97 Å². The van der Waals surface area contributed by atoms with Crippen molar-refractivity contribution in [1.82, 2.24) is 10.2 Å². The molecule has 0 saturated heterocycles. The fourth-order valence-electron chi connectivity index (χ4n) is 4.70. The molecular weight excluding hydrogens is 428 g/mol. The lowest BCUT2D eigenvalue weighted by Crippen LogP contribution is -2.64. The van der Waals surface area contributed by atoms with E-state index in [0.29, 0.717) is 12.8 Å². The predicted octanol–water partition coefficient (Wildman–Crippen LogP) is 4.42. The molecular formula is C28H36N2O4. The fraction of sp³-hybridized carbons (Fsp3) is 0.464. The molecule has 2 amide bonds. The molecule has 3 rings (SSSR count). The van der Waals surface area contributed by atoms with Crippen LogP contribution in [0.25, 0.3) is 0 Å². The lowest BCUT2D eigenvalue weighted by Gasteiger charge is -2.43. The summed E-state index contributed by atoms with van der Waals surface area (Å²) in [6, 6.07) is 19.5. The molecule has 6 nitrogen and oxygen atoms in total. The molecule has 0 aliphatic heterocycles. The Hall–Kier alpha value is -3.15. The molecule has 1 aliphatic carbocycles. The molecule has 2 aromatic carbocycles. The summed E-state index contributed by atoms with van der Waals surface area (Å²) in [5.41, 5.74) is 0.652. The third kappa shape index (κ3) is 6.92. The van der Waals surface area contributed by atoms with E-state index in [9.17, 15) is 14.4 Å². The smallest absolute Gasteiger partial charge is 0.302 e. The third-order valence-electron chi connectivity index (χ3n) is 6.63. The zero-order valence-electron chi connectivity index (χ0n) is 20.3. The molecule has 1 aliphatic rings. The number of hydrogen-bond donors (Lipinski definition) is 1. The van der Waals surface area contributed by atoms with E-state index in [-0.39, 0.29) is 31.0 Å².